The standard InChI is InChI=1S/C13H9N3O2S/c1-2-6-16-12(3-1)15-19-13(16)14-9-4-5-10-11(7-9)18-8-17-10/h1-7H,8H2. The van der Waals surface area contributed by atoms with E-state index in [-0.39, 0.29) is 6.79 Å². The Morgan fingerprint density at radius 2 is 2.11 bits per heavy atom. The average Bonchev–Trinajstić information content (AvgIpc) is 3.06. The van der Waals surface area contributed by atoms with Crippen molar-refractivity contribution in [3.8, 4) is 11.5 Å². The van der Waals surface area contributed by atoms with Crippen LogP contribution in [0.4, 0.5) is 5.69 Å². The zero-order chi connectivity index (χ0) is 12.7. The van der Waals surface area contributed by atoms with Crippen molar-refractivity contribution in [1.82, 2.24) is 8.77 Å². The van der Waals surface area contributed by atoms with Crippen LogP contribution < -0.4 is 14.3 Å². The van der Waals surface area contributed by atoms with Gasteiger partial charge in [0.15, 0.2) is 17.1 Å². The summed E-state index contributed by atoms with van der Waals surface area (Å²) in [6.07, 6.45) is 1.95. The second-order valence-electron chi connectivity index (χ2n) is 4.04. The van der Waals surface area contributed by atoms with Gasteiger partial charge in [-0.15, -0.1) is 0 Å². The van der Waals surface area contributed by atoms with E-state index in [0.29, 0.717) is 0 Å². The lowest BCUT2D eigenvalue weighted by Gasteiger charge is -1.96. The number of fused-ring (bicyclic) bond motifs is 2. The molecule has 0 saturated heterocycles. The molecule has 0 aliphatic carbocycles. The van der Waals surface area contributed by atoms with Crippen LogP contribution in [0, 0.1) is 0 Å². The Morgan fingerprint density at radius 1 is 1.16 bits per heavy atom. The summed E-state index contributed by atoms with van der Waals surface area (Å²) >= 11 is 1.37. The molecule has 4 rings (SSSR count). The largest absolute Gasteiger partial charge is 0.454 e. The van der Waals surface area contributed by atoms with Crippen LogP contribution in [-0.4, -0.2) is 15.6 Å². The Hall–Kier alpha value is -2.34. The summed E-state index contributed by atoms with van der Waals surface area (Å²) < 4.78 is 16.9. The number of hydrogen-bond acceptors (Lipinski definition) is 5. The third kappa shape index (κ3) is 1.77. The molecule has 3 heterocycles. The van der Waals surface area contributed by atoms with E-state index in [0.717, 1.165) is 27.6 Å². The predicted molar refractivity (Wildman–Crippen MR) is 70.9 cm³/mol. The van der Waals surface area contributed by atoms with Gasteiger partial charge in [0.2, 0.25) is 11.6 Å². The Bertz CT molecular complexity index is 822. The number of pyridine rings is 1. The molecular formula is C13H9N3O2S. The first-order chi connectivity index (χ1) is 9.40. The summed E-state index contributed by atoms with van der Waals surface area (Å²) in [4.78, 5) is 5.42. The van der Waals surface area contributed by atoms with Crippen molar-refractivity contribution in [2.75, 3.05) is 6.79 Å². The number of hydrogen-bond donors (Lipinski definition) is 0. The van der Waals surface area contributed by atoms with Gasteiger partial charge >= 0.3 is 0 Å². The fraction of sp³-hybridized carbons (Fsp3) is 0.0769. The minimum atomic E-state index is 0.275. The zero-order valence-corrected chi connectivity index (χ0v) is 10.6. The molecule has 0 spiro atoms. The Balaban J connectivity index is 1.87. The van der Waals surface area contributed by atoms with Crippen molar-refractivity contribution in [2.24, 2.45) is 4.99 Å². The van der Waals surface area contributed by atoms with Crippen molar-refractivity contribution >= 4 is 22.9 Å². The number of aromatic nitrogens is 2. The molecule has 0 fully saturated rings. The van der Waals surface area contributed by atoms with Gasteiger partial charge in [-0.2, -0.15) is 4.37 Å². The highest BCUT2D eigenvalue weighted by molar-refractivity contribution is 7.03. The van der Waals surface area contributed by atoms with Gasteiger partial charge in [-0.1, -0.05) is 6.07 Å². The van der Waals surface area contributed by atoms with Gasteiger partial charge in [0, 0.05) is 23.8 Å². The van der Waals surface area contributed by atoms with Crippen LogP contribution in [0.15, 0.2) is 47.6 Å². The molecule has 0 radical (unpaired) electrons. The molecule has 0 atom stereocenters. The topological polar surface area (TPSA) is 48.1 Å². The smallest absolute Gasteiger partial charge is 0.231 e. The molecule has 5 nitrogen and oxygen atoms in total. The van der Waals surface area contributed by atoms with Crippen LogP contribution in [0.2, 0.25) is 0 Å². The maximum absolute atomic E-state index is 5.34. The van der Waals surface area contributed by atoms with Crippen LogP contribution in [0.25, 0.3) is 5.65 Å². The average molecular weight is 271 g/mol. The van der Waals surface area contributed by atoms with E-state index in [1.54, 1.807) is 0 Å². The molecule has 1 aliphatic heterocycles. The molecule has 0 N–H and O–H groups in total. The van der Waals surface area contributed by atoms with E-state index in [2.05, 4.69) is 9.37 Å². The predicted octanol–water partition coefficient (Wildman–Crippen LogP) is 2.36. The van der Waals surface area contributed by atoms with Gasteiger partial charge in [-0.05, 0) is 24.3 Å². The van der Waals surface area contributed by atoms with E-state index in [1.807, 2.05) is 47.0 Å². The molecule has 0 amide bonds. The first kappa shape index (κ1) is 10.6. The molecule has 1 aliphatic rings. The van der Waals surface area contributed by atoms with E-state index >= 15 is 0 Å². The summed E-state index contributed by atoms with van der Waals surface area (Å²) in [6.45, 7) is 0.275. The molecule has 1 aromatic carbocycles. The van der Waals surface area contributed by atoms with Crippen molar-refractivity contribution in [1.29, 1.82) is 0 Å². The third-order valence-corrected chi connectivity index (χ3v) is 3.58. The monoisotopic (exact) mass is 271 g/mol. The van der Waals surface area contributed by atoms with Crippen molar-refractivity contribution in [2.45, 2.75) is 0 Å². The second kappa shape index (κ2) is 4.10. The van der Waals surface area contributed by atoms with Gasteiger partial charge in [0.25, 0.3) is 0 Å². The summed E-state index contributed by atoms with van der Waals surface area (Å²) in [6, 6.07) is 11.5. The molecular weight excluding hydrogens is 262 g/mol. The third-order valence-electron chi connectivity index (χ3n) is 2.85. The Kier molecular flexibility index (Phi) is 2.28. The first-order valence-electron chi connectivity index (χ1n) is 5.78. The van der Waals surface area contributed by atoms with E-state index in [4.69, 9.17) is 9.47 Å². The highest BCUT2D eigenvalue weighted by Gasteiger charge is 2.12. The summed E-state index contributed by atoms with van der Waals surface area (Å²) in [7, 11) is 0. The Morgan fingerprint density at radius 3 is 3.11 bits per heavy atom. The van der Waals surface area contributed by atoms with Crippen LogP contribution in [-0.2, 0) is 0 Å². The van der Waals surface area contributed by atoms with E-state index < -0.39 is 0 Å². The molecule has 3 aromatic rings. The van der Waals surface area contributed by atoms with Crippen LogP contribution >= 0.6 is 11.5 Å². The van der Waals surface area contributed by atoms with Gasteiger partial charge < -0.3 is 9.47 Å². The minimum absolute atomic E-state index is 0.275. The van der Waals surface area contributed by atoms with Crippen molar-refractivity contribution in [3.63, 3.8) is 0 Å². The SMILES string of the molecule is c1ccn2c(=Nc3ccc4c(c3)OCO4)snc2c1. The van der Waals surface area contributed by atoms with Gasteiger partial charge in [0.1, 0.15) is 0 Å². The van der Waals surface area contributed by atoms with Crippen LogP contribution in [0.3, 0.4) is 0 Å². The highest BCUT2D eigenvalue weighted by atomic mass is 32.1. The highest BCUT2D eigenvalue weighted by Crippen LogP contribution is 2.34. The van der Waals surface area contributed by atoms with Crippen LogP contribution in [0.5, 0.6) is 11.5 Å². The maximum Gasteiger partial charge on any atom is 0.231 e. The summed E-state index contributed by atoms with van der Waals surface area (Å²) in [5.74, 6) is 1.50. The number of nitrogens with zero attached hydrogens (tertiary/aromatic N) is 3. The normalized spacial score (nSPS) is 14.2. The van der Waals surface area contributed by atoms with Gasteiger partial charge in [-0.25, -0.2) is 4.99 Å². The van der Waals surface area contributed by atoms with Crippen LogP contribution in [0.1, 0.15) is 0 Å². The first-order valence-corrected chi connectivity index (χ1v) is 6.55. The van der Waals surface area contributed by atoms with E-state index in [1.165, 1.54) is 11.5 Å². The quantitative estimate of drug-likeness (QED) is 0.682. The van der Waals surface area contributed by atoms with Gasteiger partial charge in [-0.3, -0.25) is 4.40 Å². The molecule has 0 saturated carbocycles. The Labute approximate surface area is 112 Å². The molecule has 2 aromatic heterocycles. The minimum Gasteiger partial charge on any atom is -0.454 e. The van der Waals surface area contributed by atoms with E-state index in [9.17, 15) is 0 Å². The summed E-state index contributed by atoms with van der Waals surface area (Å²) in [5.41, 5.74) is 1.72. The zero-order valence-electron chi connectivity index (χ0n) is 9.81. The number of rotatable bonds is 1. The molecule has 0 unspecified atom stereocenters. The molecule has 19 heavy (non-hydrogen) atoms. The van der Waals surface area contributed by atoms with Gasteiger partial charge in [0.05, 0.1) is 5.69 Å². The second-order valence-corrected chi connectivity index (χ2v) is 4.77. The lowest BCUT2D eigenvalue weighted by atomic mass is 10.3. The molecule has 94 valence electrons. The number of ether oxygens (including phenoxy) is 2. The molecule has 0 bridgehead atoms. The number of benzene rings is 1. The fourth-order valence-electron chi connectivity index (χ4n) is 1.94. The molecule has 6 heteroatoms. The maximum atomic E-state index is 5.34. The lowest BCUT2D eigenvalue weighted by molar-refractivity contribution is 0.174. The fourth-order valence-corrected chi connectivity index (χ4v) is 2.65. The lowest BCUT2D eigenvalue weighted by Crippen LogP contribution is -2.04. The summed E-state index contributed by atoms with van der Waals surface area (Å²) in [5, 5.41) is 0. The van der Waals surface area contributed by atoms with Crippen molar-refractivity contribution < 1.29 is 9.47 Å². The van der Waals surface area contributed by atoms with Crippen molar-refractivity contribution in [3.05, 3.63) is 47.4 Å².